The van der Waals surface area contributed by atoms with Crippen molar-refractivity contribution in [2.75, 3.05) is 26.5 Å². The van der Waals surface area contributed by atoms with Crippen molar-refractivity contribution >= 4 is 21.6 Å². The van der Waals surface area contributed by atoms with Gasteiger partial charge in [-0.05, 0) is 50.5 Å². The van der Waals surface area contributed by atoms with Gasteiger partial charge >= 0.3 is 6.03 Å². The lowest BCUT2D eigenvalue weighted by molar-refractivity contribution is 0.200. The number of carbonyl (C=O) groups is 1. The number of hydrogen-bond acceptors (Lipinski definition) is 3. The Balaban J connectivity index is 2.06. The molecular formula is C15H24N4O2S. The third-order valence-corrected chi connectivity index (χ3v) is 6.41. The summed E-state index contributed by atoms with van der Waals surface area (Å²) in [5.41, 5.74) is 0.588. The first-order valence-electron chi connectivity index (χ1n) is 7.31. The molecule has 1 saturated carbocycles. The average molecular weight is 324 g/mol. The van der Waals surface area contributed by atoms with Gasteiger partial charge in [0.25, 0.3) is 0 Å². The molecule has 0 aromatic heterocycles. The minimum Gasteiger partial charge on any atom is -0.333 e. The summed E-state index contributed by atoms with van der Waals surface area (Å²) in [6.45, 7) is 2.05. The van der Waals surface area contributed by atoms with E-state index in [-0.39, 0.29) is 11.6 Å². The van der Waals surface area contributed by atoms with Crippen LogP contribution in [0.3, 0.4) is 0 Å². The number of nitrogens with one attached hydrogen (secondary N) is 2. The van der Waals surface area contributed by atoms with Crippen molar-refractivity contribution in [3.8, 4) is 0 Å². The Morgan fingerprint density at radius 2 is 1.86 bits per heavy atom. The molecule has 0 heterocycles. The Bertz CT molecular complexity index is 657. The Kier molecular flexibility index (Phi) is 4.77. The Labute approximate surface area is 132 Å². The van der Waals surface area contributed by atoms with Gasteiger partial charge in [0, 0.05) is 32.4 Å². The minimum absolute atomic E-state index is 0.0790. The summed E-state index contributed by atoms with van der Waals surface area (Å²) in [5.74, 6) is 0. The first-order chi connectivity index (χ1) is 10.3. The SMILES string of the molecule is CN=S(=O)(c1ccc(NC(=O)NC2(C)CCC2)cc1)N(C)C. The van der Waals surface area contributed by atoms with Crippen LogP contribution in [0.4, 0.5) is 10.5 Å². The molecule has 0 aliphatic heterocycles. The van der Waals surface area contributed by atoms with Gasteiger partial charge in [0.1, 0.15) is 9.92 Å². The van der Waals surface area contributed by atoms with E-state index >= 15 is 0 Å². The summed E-state index contributed by atoms with van der Waals surface area (Å²) in [6, 6.07) is 6.74. The second-order valence-corrected chi connectivity index (χ2v) is 8.57. The molecular weight excluding hydrogens is 300 g/mol. The Hall–Kier alpha value is -1.60. The van der Waals surface area contributed by atoms with Crippen molar-refractivity contribution in [3.05, 3.63) is 24.3 Å². The smallest absolute Gasteiger partial charge is 0.319 e. The zero-order valence-corrected chi connectivity index (χ0v) is 14.4. The quantitative estimate of drug-likeness (QED) is 0.893. The molecule has 2 N–H and O–H groups in total. The molecule has 2 amide bonds. The number of carbonyl (C=O) groups excluding carboxylic acids is 1. The van der Waals surface area contributed by atoms with Gasteiger partial charge in [-0.1, -0.05) is 0 Å². The molecule has 2 rings (SSSR count). The van der Waals surface area contributed by atoms with Crippen LogP contribution in [0.15, 0.2) is 33.5 Å². The van der Waals surface area contributed by atoms with Gasteiger partial charge in [-0.3, -0.25) is 0 Å². The molecule has 6 nitrogen and oxygen atoms in total. The van der Waals surface area contributed by atoms with Gasteiger partial charge in [0.15, 0.2) is 0 Å². The summed E-state index contributed by atoms with van der Waals surface area (Å²) in [4.78, 5) is 12.6. The average Bonchev–Trinajstić information content (AvgIpc) is 2.45. The third kappa shape index (κ3) is 3.41. The van der Waals surface area contributed by atoms with E-state index in [9.17, 15) is 9.00 Å². The minimum atomic E-state index is -2.56. The lowest BCUT2D eigenvalue weighted by Crippen LogP contribution is -2.52. The van der Waals surface area contributed by atoms with Crippen LogP contribution in [0, 0.1) is 0 Å². The van der Waals surface area contributed by atoms with E-state index in [0.717, 1.165) is 19.3 Å². The fourth-order valence-electron chi connectivity index (χ4n) is 2.46. The number of anilines is 1. The lowest BCUT2D eigenvalue weighted by atomic mass is 9.79. The van der Waals surface area contributed by atoms with Crippen LogP contribution in [0.5, 0.6) is 0 Å². The molecule has 0 saturated heterocycles. The van der Waals surface area contributed by atoms with Gasteiger partial charge in [0.2, 0.25) is 0 Å². The summed E-state index contributed by atoms with van der Waals surface area (Å²) in [5, 5.41) is 5.79. The molecule has 0 radical (unpaired) electrons. The van der Waals surface area contributed by atoms with E-state index in [1.165, 1.54) is 0 Å². The molecule has 1 aromatic rings. The van der Waals surface area contributed by atoms with Gasteiger partial charge < -0.3 is 10.6 Å². The molecule has 22 heavy (non-hydrogen) atoms. The van der Waals surface area contributed by atoms with Gasteiger partial charge in [-0.25, -0.2) is 17.7 Å². The predicted molar refractivity (Wildman–Crippen MR) is 89.3 cm³/mol. The molecule has 1 aliphatic carbocycles. The van der Waals surface area contributed by atoms with Crippen molar-refractivity contribution in [1.82, 2.24) is 9.62 Å². The highest BCUT2D eigenvalue weighted by Crippen LogP contribution is 2.30. The zero-order valence-electron chi connectivity index (χ0n) is 13.5. The second kappa shape index (κ2) is 6.26. The maximum atomic E-state index is 12.7. The number of rotatable bonds is 4. The maximum absolute atomic E-state index is 12.7. The lowest BCUT2D eigenvalue weighted by Gasteiger charge is -2.38. The summed E-state index contributed by atoms with van der Waals surface area (Å²) in [7, 11) is 2.44. The summed E-state index contributed by atoms with van der Waals surface area (Å²) < 4.78 is 18.3. The van der Waals surface area contributed by atoms with E-state index in [0.29, 0.717) is 10.6 Å². The van der Waals surface area contributed by atoms with E-state index in [4.69, 9.17) is 0 Å². The normalized spacial score (nSPS) is 19.0. The fraction of sp³-hybridized carbons (Fsp3) is 0.533. The van der Waals surface area contributed by atoms with Crippen molar-refractivity contribution < 1.29 is 9.00 Å². The van der Waals surface area contributed by atoms with Crippen LogP contribution in [0.1, 0.15) is 26.2 Å². The maximum Gasteiger partial charge on any atom is 0.319 e. The first-order valence-corrected chi connectivity index (χ1v) is 8.78. The van der Waals surface area contributed by atoms with Crippen molar-refractivity contribution in [2.45, 2.75) is 36.6 Å². The molecule has 1 fully saturated rings. The third-order valence-electron chi connectivity index (χ3n) is 4.03. The topological polar surface area (TPSA) is 73.8 Å². The number of benzene rings is 1. The standard InChI is InChI=1S/C15H24N4O2S/c1-15(10-5-11-15)18-14(20)17-12-6-8-13(9-7-12)22(21,16-2)19(3)4/h6-9H,5,10-11H2,1-4H3,(H2,17,18,20). The van der Waals surface area contributed by atoms with E-state index in [2.05, 4.69) is 15.0 Å². The van der Waals surface area contributed by atoms with E-state index < -0.39 is 9.92 Å². The highest BCUT2D eigenvalue weighted by Gasteiger charge is 2.33. The van der Waals surface area contributed by atoms with E-state index in [1.807, 2.05) is 6.92 Å². The number of urea groups is 1. The monoisotopic (exact) mass is 324 g/mol. The largest absolute Gasteiger partial charge is 0.333 e. The molecule has 122 valence electrons. The molecule has 0 bridgehead atoms. The molecule has 7 heteroatoms. The van der Waals surface area contributed by atoms with Crippen LogP contribution in [0.25, 0.3) is 0 Å². The Morgan fingerprint density at radius 1 is 1.27 bits per heavy atom. The van der Waals surface area contributed by atoms with Crippen molar-refractivity contribution in [3.63, 3.8) is 0 Å². The summed E-state index contributed by atoms with van der Waals surface area (Å²) in [6.07, 6.45) is 3.19. The van der Waals surface area contributed by atoms with Crippen LogP contribution in [-0.4, -0.2) is 41.2 Å². The van der Waals surface area contributed by atoms with Crippen LogP contribution >= 0.6 is 0 Å². The molecule has 1 aliphatic rings. The van der Waals surface area contributed by atoms with Crippen LogP contribution in [-0.2, 0) is 9.92 Å². The second-order valence-electron chi connectivity index (χ2n) is 6.01. The molecule has 1 atom stereocenters. The van der Waals surface area contributed by atoms with Crippen molar-refractivity contribution in [2.24, 2.45) is 4.36 Å². The number of nitrogens with zero attached hydrogens (tertiary/aromatic N) is 2. The first kappa shape index (κ1) is 16.8. The van der Waals surface area contributed by atoms with Crippen LogP contribution in [0.2, 0.25) is 0 Å². The molecule has 1 aromatic carbocycles. The highest BCUT2D eigenvalue weighted by molar-refractivity contribution is 7.91. The van der Waals surface area contributed by atoms with E-state index in [1.54, 1.807) is 49.7 Å². The fourth-order valence-corrected chi connectivity index (χ4v) is 3.91. The number of amides is 2. The highest BCUT2D eigenvalue weighted by atomic mass is 32.2. The Morgan fingerprint density at radius 3 is 2.27 bits per heavy atom. The zero-order chi connectivity index (χ0) is 16.4. The van der Waals surface area contributed by atoms with Crippen molar-refractivity contribution in [1.29, 1.82) is 0 Å². The predicted octanol–water partition coefficient (Wildman–Crippen LogP) is 2.68. The van der Waals surface area contributed by atoms with Crippen LogP contribution < -0.4 is 10.6 Å². The molecule has 1 unspecified atom stereocenters. The van der Waals surface area contributed by atoms with Gasteiger partial charge in [-0.15, -0.1) is 0 Å². The van der Waals surface area contributed by atoms with Gasteiger partial charge in [0.05, 0.1) is 4.90 Å². The number of hydrogen-bond donors (Lipinski definition) is 2. The summed E-state index contributed by atoms with van der Waals surface area (Å²) >= 11 is 0. The van der Waals surface area contributed by atoms with Gasteiger partial charge in [-0.2, -0.15) is 0 Å². The molecule has 0 spiro atoms.